The van der Waals surface area contributed by atoms with Gasteiger partial charge in [0.2, 0.25) is 0 Å². The second-order valence-electron chi connectivity index (χ2n) is 3.74. The van der Waals surface area contributed by atoms with Crippen LogP contribution in [0.2, 0.25) is 5.02 Å². The fourth-order valence-corrected chi connectivity index (χ4v) is 2.80. The normalized spacial score (nSPS) is 11.7. The number of hydrogen-bond acceptors (Lipinski definition) is 5. The van der Waals surface area contributed by atoms with Crippen molar-refractivity contribution in [3.63, 3.8) is 0 Å². The monoisotopic (exact) mass is 304 g/mol. The molecule has 0 bridgehead atoms. The Kier molecular flexibility index (Phi) is 3.15. The molecule has 0 spiro atoms. The lowest BCUT2D eigenvalue weighted by molar-refractivity contribution is 0.0685. The standard InChI is InChI=1S/C10H6ClFN2O4S/c1-19(17,18)9-4-2-5(11)6(12)3-7(4)13-14-8(9)10(15)16/h2-3H,1H3,(H,15,16). The maximum absolute atomic E-state index is 13.3. The first kappa shape index (κ1) is 13.6. The minimum Gasteiger partial charge on any atom is -0.476 e. The van der Waals surface area contributed by atoms with Crippen molar-refractivity contribution in [2.24, 2.45) is 0 Å². The van der Waals surface area contributed by atoms with E-state index < -0.39 is 32.2 Å². The molecule has 6 nitrogen and oxygen atoms in total. The van der Waals surface area contributed by atoms with Crippen LogP contribution in [0, 0.1) is 5.82 Å². The Bertz CT molecular complexity index is 807. The second kappa shape index (κ2) is 4.39. The third kappa shape index (κ3) is 2.36. The Morgan fingerprint density at radius 1 is 1.37 bits per heavy atom. The Morgan fingerprint density at radius 2 is 2.00 bits per heavy atom. The summed E-state index contributed by atoms with van der Waals surface area (Å²) in [6.45, 7) is 0. The van der Waals surface area contributed by atoms with Gasteiger partial charge in [-0.3, -0.25) is 0 Å². The van der Waals surface area contributed by atoms with Crippen LogP contribution in [0.15, 0.2) is 17.0 Å². The molecule has 0 aliphatic rings. The number of aromatic carboxylic acids is 1. The van der Waals surface area contributed by atoms with E-state index in [1.165, 1.54) is 0 Å². The molecule has 0 atom stereocenters. The SMILES string of the molecule is CS(=O)(=O)c1c(C(=O)O)nnc2cc(F)c(Cl)cc12. The van der Waals surface area contributed by atoms with Crippen LogP contribution in [-0.4, -0.2) is 35.9 Å². The van der Waals surface area contributed by atoms with Crippen molar-refractivity contribution in [3.8, 4) is 0 Å². The molecule has 0 saturated heterocycles. The number of benzene rings is 1. The van der Waals surface area contributed by atoms with E-state index in [0.717, 1.165) is 18.4 Å². The second-order valence-corrected chi connectivity index (χ2v) is 6.10. The molecule has 1 heterocycles. The Balaban J connectivity index is 3.04. The van der Waals surface area contributed by atoms with E-state index in [9.17, 15) is 17.6 Å². The number of carboxylic acid groups (broad SMARTS) is 1. The molecule has 0 fully saturated rings. The molecule has 0 radical (unpaired) electrons. The zero-order chi connectivity index (χ0) is 14.4. The number of hydrogen-bond donors (Lipinski definition) is 1. The van der Waals surface area contributed by atoms with Gasteiger partial charge in [0.15, 0.2) is 15.5 Å². The summed E-state index contributed by atoms with van der Waals surface area (Å²) in [5.74, 6) is -2.35. The summed E-state index contributed by atoms with van der Waals surface area (Å²) in [6, 6.07) is 1.91. The average Bonchev–Trinajstić information content (AvgIpc) is 2.27. The highest BCUT2D eigenvalue weighted by Gasteiger charge is 2.25. The average molecular weight is 305 g/mol. The fourth-order valence-electron chi connectivity index (χ4n) is 1.59. The van der Waals surface area contributed by atoms with E-state index in [4.69, 9.17) is 16.7 Å². The molecule has 1 aromatic heterocycles. The van der Waals surface area contributed by atoms with Gasteiger partial charge in [0.05, 0.1) is 10.5 Å². The molecule has 0 aliphatic heterocycles. The molecular formula is C10H6ClFN2O4S. The minimum absolute atomic E-state index is 0.0821. The van der Waals surface area contributed by atoms with Crippen molar-refractivity contribution >= 4 is 38.3 Å². The lowest BCUT2D eigenvalue weighted by Gasteiger charge is -2.07. The highest BCUT2D eigenvalue weighted by Crippen LogP contribution is 2.28. The van der Waals surface area contributed by atoms with Crippen molar-refractivity contribution in [3.05, 3.63) is 28.7 Å². The summed E-state index contributed by atoms with van der Waals surface area (Å²) in [5, 5.41) is 15.3. The third-order valence-corrected chi connectivity index (χ3v) is 3.77. The number of aromatic nitrogens is 2. The molecule has 9 heteroatoms. The Hall–Kier alpha value is -1.80. The molecule has 0 unspecified atom stereocenters. The number of rotatable bonds is 2. The van der Waals surface area contributed by atoms with Crippen LogP contribution in [0.1, 0.15) is 10.5 Å². The van der Waals surface area contributed by atoms with E-state index in [2.05, 4.69) is 10.2 Å². The van der Waals surface area contributed by atoms with Gasteiger partial charge in [-0.1, -0.05) is 11.6 Å². The van der Waals surface area contributed by atoms with Crippen molar-refractivity contribution in [1.29, 1.82) is 0 Å². The number of carboxylic acids is 1. The van der Waals surface area contributed by atoms with Crippen molar-refractivity contribution in [2.45, 2.75) is 4.90 Å². The summed E-state index contributed by atoms with van der Waals surface area (Å²) >= 11 is 5.58. The van der Waals surface area contributed by atoms with Gasteiger partial charge in [-0.05, 0) is 6.07 Å². The smallest absolute Gasteiger partial charge is 0.357 e. The van der Waals surface area contributed by atoms with E-state index in [0.29, 0.717) is 0 Å². The Labute approximate surface area is 111 Å². The highest BCUT2D eigenvalue weighted by atomic mass is 35.5. The predicted octanol–water partition coefficient (Wildman–Crippen LogP) is 1.52. The van der Waals surface area contributed by atoms with Gasteiger partial charge in [-0.25, -0.2) is 17.6 Å². The lowest BCUT2D eigenvalue weighted by atomic mass is 10.2. The number of sulfone groups is 1. The first-order valence-electron chi connectivity index (χ1n) is 4.80. The van der Waals surface area contributed by atoms with Crippen molar-refractivity contribution in [2.75, 3.05) is 6.26 Å². The summed E-state index contributed by atoms with van der Waals surface area (Å²) in [6.07, 6.45) is 0.827. The topological polar surface area (TPSA) is 97.2 Å². The summed E-state index contributed by atoms with van der Waals surface area (Å²) in [4.78, 5) is 10.5. The van der Waals surface area contributed by atoms with Gasteiger partial charge >= 0.3 is 5.97 Å². The first-order chi connectivity index (χ1) is 8.71. The first-order valence-corrected chi connectivity index (χ1v) is 7.07. The number of carbonyl (C=O) groups is 1. The van der Waals surface area contributed by atoms with Gasteiger partial charge in [0.25, 0.3) is 0 Å². The molecule has 2 aromatic rings. The number of nitrogens with zero attached hydrogens (tertiary/aromatic N) is 2. The molecular weight excluding hydrogens is 299 g/mol. The van der Waals surface area contributed by atoms with E-state index in [-0.39, 0.29) is 15.9 Å². The van der Waals surface area contributed by atoms with E-state index >= 15 is 0 Å². The van der Waals surface area contributed by atoms with Gasteiger partial charge in [-0.2, -0.15) is 0 Å². The quantitative estimate of drug-likeness (QED) is 0.903. The molecule has 0 amide bonds. The van der Waals surface area contributed by atoms with Gasteiger partial charge in [0.1, 0.15) is 10.7 Å². The summed E-state index contributed by atoms with van der Waals surface area (Å²) in [5.41, 5.74) is -0.815. The number of fused-ring (bicyclic) bond motifs is 1. The lowest BCUT2D eigenvalue weighted by Crippen LogP contribution is -2.12. The maximum atomic E-state index is 13.3. The van der Waals surface area contributed by atoms with Gasteiger partial charge in [0, 0.05) is 17.7 Å². The zero-order valence-corrected chi connectivity index (χ0v) is 11.0. The molecule has 0 saturated carbocycles. The predicted molar refractivity (Wildman–Crippen MR) is 64.6 cm³/mol. The van der Waals surface area contributed by atoms with Crippen LogP contribution in [0.4, 0.5) is 4.39 Å². The van der Waals surface area contributed by atoms with Crippen LogP contribution < -0.4 is 0 Å². The van der Waals surface area contributed by atoms with Crippen LogP contribution >= 0.6 is 11.6 Å². The zero-order valence-electron chi connectivity index (χ0n) is 9.39. The number of halogens is 2. The van der Waals surface area contributed by atoms with E-state index in [1.54, 1.807) is 0 Å². The van der Waals surface area contributed by atoms with Gasteiger partial charge < -0.3 is 5.11 Å². The van der Waals surface area contributed by atoms with Crippen LogP contribution in [0.5, 0.6) is 0 Å². The van der Waals surface area contributed by atoms with E-state index in [1.807, 2.05) is 0 Å². The molecule has 0 aliphatic carbocycles. The third-order valence-electron chi connectivity index (χ3n) is 2.33. The highest BCUT2D eigenvalue weighted by molar-refractivity contribution is 7.91. The minimum atomic E-state index is -3.90. The van der Waals surface area contributed by atoms with Crippen LogP contribution in [0.25, 0.3) is 10.9 Å². The largest absolute Gasteiger partial charge is 0.476 e. The Morgan fingerprint density at radius 3 is 2.53 bits per heavy atom. The summed E-state index contributed by atoms with van der Waals surface area (Å²) in [7, 11) is -3.90. The fraction of sp³-hybridized carbons (Fsp3) is 0.100. The maximum Gasteiger partial charge on any atom is 0.357 e. The molecule has 100 valence electrons. The molecule has 19 heavy (non-hydrogen) atoms. The molecule has 2 rings (SSSR count). The van der Waals surface area contributed by atoms with Crippen molar-refractivity contribution in [1.82, 2.24) is 10.2 Å². The van der Waals surface area contributed by atoms with Gasteiger partial charge in [-0.15, -0.1) is 10.2 Å². The summed E-state index contributed by atoms with van der Waals surface area (Å²) < 4.78 is 36.7. The molecule has 1 N–H and O–H groups in total. The van der Waals surface area contributed by atoms with Crippen LogP contribution in [-0.2, 0) is 9.84 Å². The molecule has 1 aromatic carbocycles. The van der Waals surface area contributed by atoms with Crippen LogP contribution in [0.3, 0.4) is 0 Å². The van der Waals surface area contributed by atoms with Crippen molar-refractivity contribution < 1.29 is 22.7 Å².